The van der Waals surface area contributed by atoms with Gasteiger partial charge in [-0.2, -0.15) is 0 Å². The summed E-state index contributed by atoms with van der Waals surface area (Å²) in [6.45, 7) is 6.21. The Hall–Kier alpha value is -1.57. The second-order valence-corrected chi connectivity index (χ2v) is 7.70. The Kier molecular flexibility index (Phi) is 3.01. The number of phenolic OH excluding ortho intramolecular Hbond substituents is 1. The Morgan fingerprint density at radius 3 is 2.95 bits per heavy atom. The van der Waals surface area contributed by atoms with Crippen molar-refractivity contribution in [3.63, 3.8) is 0 Å². The Balaban J connectivity index is 1.76. The normalized spacial score (nSPS) is 39.8. The molecule has 1 aromatic rings. The van der Waals surface area contributed by atoms with Crippen molar-refractivity contribution in [1.29, 1.82) is 0 Å². The van der Waals surface area contributed by atoms with Gasteiger partial charge in [-0.3, -0.25) is 4.79 Å². The molecule has 1 aromatic carbocycles. The van der Waals surface area contributed by atoms with Gasteiger partial charge < -0.3 is 5.11 Å². The summed E-state index contributed by atoms with van der Waals surface area (Å²) in [6, 6.07) is 5.87. The summed E-state index contributed by atoms with van der Waals surface area (Å²) in [5.74, 6) is 2.78. The van der Waals surface area contributed by atoms with Gasteiger partial charge in [0, 0.05) is 11.8 Å². The molecule has 1 N–H and O–H groups in total. The molecule has 0 bridgehead atoms. The molecule has 5 atom stereocenters. The highest BCUT2D eigenvalue weighted by Crippen LogP contribution is 2.61. The zero-order chi connectivity index (χ0) is 15.5. The third-order valence-corrected chi connectivity index (χ3v) is 6.78. The maximum absolute atomic E-state index is 12.6. The van der Waals surface area contributed by atoms with Gasteiger partial charge >= 0.3 is 0 Å². The minimum atomic E-state index is -0.131. The fourth-order valence-corrected chi connectivity index (χ4v) is 5.74. The Morgan fingerprint density at radius 1 is 1.36 bits per heavy atom. The Morgan fingerprint density at radius 2 is 2.18 bits per heavy atom. The smallest absolute Gasteiger partial charge is 0.139 e. The fraction of sp³-hybridized carbons (Fsp3) is 0.550. The summed E-state index contributed by atoms with van der Waals surface area (Å²) in [7, 11) is 0. The van der Waals surface area contributed by atoms with Gasteiger partial charge in [-0.15, -0.1) is 6.58 Å². The predicted molar refractivity (Wildman–Crippen MR) is 86.8 cm³/mol. The number of ketones is 1. The fourth-order valence-electron chi connectivity index (χ4n) is 5.74. The van der Waals surface area contributed by atoms with Gasteiger partial charge in [-0.1, -0.05) is 19.1 Å². The first-order valence-electron chi connectivity index (χ1n) is 8.52. The number of allylic oxidation sites excluding steroid dienone is 1. The van der Waals surface area contributed by atoms with Crippen molar-refractivity contribution in [1.82, 2.24) is 0 Å². The summed E-state index contributed by atoms with van der Waals surface area (Å²) in [5, 5.41) is 9.73. The third kappa shape index (κ3) is 1.76. The molecular weight excluding hydrogens is 272 g/mol. The number of Topliss-reactive ketones (excluding diaryl/α,β-unsaturated/α-hetero) is 1. The number of aryl methyl sites for hydroxylation is 1. The lowest BCUT2D eigenvalue weighted by molar-refractivity contribution is -0.129. The monoisotopic (exact) mass is 296 g/mol. The molecule has 116 valence electrons. The van der Waals surface area contributed by atoms with E-state index in [0.717, 1.165) is 25.7 Å². The van der Waals surface area contributed by atoms with E-state index in [1.165, 1.54) is 11.1 Å². The molecule has 0 saturated heterocycles. The standard InChI is InChI=1S/C20H24O2/c1-3-12-11-18(22)20(2)9-8-16-15-7-5-14(21)10-13(15)4-6-17(16)19(12)20/h3,5,7,10,12,16-17,19,21H,1,4,6,8-9,11H2,2H3/t12-,16-,17-,19+,20-/m1/s1. The molecule has 0 heterocycles. The second kappa shape index (κ2) is 4.71. The van der Waals surface area contributed by atoms with Crippen LogP contribution in [0.25, 0.3) is 0 Å². The van der Waals surface area contributed by atoms with Crippen molar-refractivity contribution in [3.05, 3.63) is 42.0 Å². The molecule has 0 aliphatic heterocycles. The first-order valence-corrected chi connectivity index (χ1v) is 8.52. The number of aromatic hydroxyl groups is 1. The average molecular weight is 296 g/mol. The molecule has 2 nitrogen and oxygen atoms in total. The van der Waals surface area contributed by atoms with E-state index < -0.39 is 0 Å². The zero-order valence-electron chi connectivity index (χ0n) is 13.2. The van der Waals surface area contributed by atoms with Crippen LogP contribution < -0.4 is 0 Å². The van der Waals surface area contributed by atoms with Gasteiger partial charge in [0.1, 0.15) is 11.5 Å². The maximum Gasteiger partial charge on any atom is 0.139 e. The molecule has 2 fully saturated rings. The number of phenols is 1. The van der Waals surface area contributed by atoms with Crippen molar-refractivity contribution in [2.45, 2.75) is 44.9 Å². The van der Waals surface area contributed by atoms with E-state index in [1.54, 1.807) is 0 Å². The highest BCUT2D eigenvalue weighted by Gasteiger charge is 2.57. The lowest BCUT2D eigenvalue weighted by Gasteiger charge is -2.49. The van der Waals surface area contributed by atoms with E-state index in [2.05, 4.69) is 19.6 Å². The van der Waals surface area contributed by atoms with E-state index in [9.17, 15) is 9.90 Å². The van der Waals surface area contributed by atoms with Crippen molar-refractivity contribution < 1.29 is 9.90 Å². The Labute approximate surface area is 132 Å². The summed E-state index contributed by atoms with van der Waals surface area (Å²) in [4.78, 5) is 12.6. The molecule has 2 saturated carbocycles. The molecule has 0 radical (unpaired) electrons. The van der Waals surface area contributed by atoms with Crippen LogP contribution in [0.2, 0.25) is 0 Å². The summed E-state index contributed by atoms with van der Waals surface area (Å²) in [5.41, 5.74) is 2.59. The number of hydrogen-bond donors (Lipinski definition) is 1. The highest BCUT2D eigenvalue weighted by molar-refractivity contribution is 5.88. The molecular formula is C20H24O2. The van der Waals surface area contributed by atoms with Crippen molar-refractivity contribution >= 4 is 5.78 Å². The molecule has 3 aliphatic carbocycles. The van der Waals surface area contributed by atoms with Crippen LogP contribution in [0.15, 0.2) is 30.9 Å². The summed E-state index contributed by atoms with van der Waals surface area (Å²) < 4.78 is 0. The van der Waals surface area contributed by atoms with Crippen LogP contribution in [0.1, 0.15) is 49.7 Å². The van der Waals surface area contributed by atoms with Crippen molar-refractivity contribution in [2.24, 2.45) is 23.2 Å². The molecule has 3 aliphatic rings. The number of hydrogen-bond acceptors (Lipinski definition) is 2. The molecule has 0 spiro atoms. The van der Waals surface area contributed by atoms with Gasteiger partial charge in [-0.05, 0) is 72.6 Å². The number of carbonyl (C=O) groups is 1. The number of carbonyl (C=O) groups excluding carboxylic acids is 1. The summed E-state index contributed by atoms with van der Waals surface area (Å²) in [6.07, 6.45) is 6.99. The van der Waals surface area contributed by atoms with Crippen LogP contribution in [0.3, 0.4) is 0 Å². The average Bonchev–Trinajstić information content (AvgIpc) is 2.78. The van der Waals surface area contributed by atoms with Gasteiger partial charge in [0.15, 0.2) is 0 Å². The van der Waals surface area contributed by atoms with Crippen LogP contribution in [0, 0.1) is 23.2 Å². The van der Waals surface area contributed by atoms with E-state index in [1.807, 2.05) is 18.2 Å². The molecule has 22 heavy (non-hydrogen) atoms. The van der Waals surface area contributed by atoms with E-state index in [4.69, 9.17) is 0 Å². The Bertz CT molecular complexity index is 647. The van der Waals surface area contributed by atoms with E-state index in [-0.39, 0.29) is 5.41 Å². The van der Waals surface area contributed by atoms with Gasteiger partial charge in [-0.25, -0.2) is 0 Å². The second-order valence-electron chi connectivity index (χ2n) is 7.70. The number of fused-ring (bicyclic) bond motifs is 5. The molecule has 0 unspecified atom stereocenters. The van der Waals surface area contributed by atoms with E-state index >= 15 is 0 Å². The SMILES string of the molecule is C=C[C@@H]1CC(=O)[C@@]2(C)CC[C@@H]3c4ccc(O)cc4CC[C@H]3[C@H]12. The maximum atomic E-state index is 12.6. The number of rotatable bonds is 1. The van der Waals surface area contributed by atoms with Gasteiger partial charge in [0.2, 0.25) is 0 Å². The first-order chi connectivity index (χ1) is 10.5. The quantitative estimate of drug-likeness (QED) is 0.787. The minimum absolute atomic E-state index is 0.131. The van der Waals surface area contributed by atoms with Gasteiger partial charge in [0.25, 0.3) is 0 Å². The number of benzene rings is 1. The third-order valence-electron chi connectivity index (χ3n) is 6.78. The lowest BCUT2D eigenvalue weighted by atomic mass is 9.54. The van der Waals surface area contributed by atoms with Crippen LogP contribution >= 0.6 is 0 Å². The minimum Gasteiger partial charge on any atom is -0.508 e. The van der Waals surface area contributed by atoms with Crippen molar-refractivity contribution in [3.8, 4) is 5.75 Å². The zero-order valence-corrected chi connectivity index (χ0v) is 13.2. The van der Waals surface area contributed by atoms with E-state index in [0.29, 0.717) is 41.6 Å². The van der Waals surface area contributed by atoms with Crippen LogP contribution in [-0.4, -0.2) is 10.9 Å². The highest BCUT2D eigenvalue weighted by atomic mass is 16.3. The van der Waals surface area contributed by atoms with Gasteiger partial charge in [0.05, 0.1) is 0 Å². The summed E-state index contributed by atoms with van der Waals surface area (Å²) >= 11 is 0. The van der Waals surface area contributed by atoms with Crippen LogP contribution in [0.4, 0.5) is 0 Å². The topological polar surface area (TPSA) is 37.3 Å². The van der Waals surface area contributed by atoms with Crippen LogP contribution in [-0.2, 0) is 11.2 Å². The lowest BCUT2D eigenvalue weighted by Crippen LogP contribution is -2.44. The molecule has 0 aromatic heterocycles. The van der Waals surface area contributed by atoms with Crippen LogP contribution in [0.5, 0.6) is 5.75 Å². The first kappa shape index (κ1) is 14.0. The molecule has 0 amide bonds. The molecule has 4 rings (SSSR count). The van der Waals surface area contributed by atoms with Crippen molar-refractivity contribution in [2.75, 3.05) is 0 Å². The largest absolute Gasteiger partial charge is 0.508 e. The molecule has 2 heteroatoms. The predicted octanol–water partition coefficient (Wildman–Crippen LogP) is 4.23.